The highest BCUT2D eigenvalue weighted by atomic mass is 35.5. The largest absolute Gasteiger partial charge is 0.288 e. The van der Waals surface area contributed by atoms with E-state index in [1.807, 2.05) is 24.3 Å². The molecule has 20 heavy (non-hydrogen) atoms. The van der Waals surface area contributed by atoms with Crippen LogP contribution in [0.25, 0.3) is 10.8 Å². The van der Waals surface area contributed by atoms with Crippen LogP contribution in [0.1, 0.15) is 16.3 Å². The molecule has 0 radical (unpaired) electrons. The van der Waals surface area contributed by atoms with Crippen LogP contribution in [0.15, 0.2) is 30.3 Å². The molecule has 3 aromatic rings. The third kappa shape index (κ3) is 2.33. The van der Waals surface area contributed by atoms with Gasteiger partial charge in [-0.15, -0.1) is 5.10 Å². The first-order valence-electron chi connectivity index (χ1n) is 5.89. The van der Waals surface area contributed by atoms with Crippen LogP contribution in [0.4, 0.5) is 5.95 Å². The maximum Gasteiger partial charge on any atom is 0.276 e. The standard InChI is InChI=1S/C13H10ClN5O/c1-7-15-13(19-18-7)17-12(20)10-6-8-4-2-3-5-9(8)11(14)16-10/h2-6H,1H3,(H2,15,17,18,19,20). The SMILES string of the molecule is Cc1nc(NC(=O)c2cc3ccccc3c(Cl)n2)n[nH]1. The summed E-state index contributed by atoms with van der Waals surface area (Å²) in [6, 6.07) is 9.14. The molecule has 0 aliphatic carbocycles. The minimum Gasteiger partial charge on any atom is -0.288 e. The Bertz CT molecular complexity index is 798. The molecule has 0 aliphatic heterocycles. The predicted molar refractivity (Wildman–Crippen MR) is 75.8 cm³/mol. The van der Waals surface area contributed by atoms with Gasteiger partial charge in [0.2, 0.25) is 5.95 Å². The minimum atomic E-state index is -0.406. The second-order valence-corrected chi connectivity index (χ2v) is 4.58. The topological polar surface area (TPSA) is 83.6 Å². The fraction of sp³-hybridized carbons (Fsp3) is 0.0769. The quantitative estimate of drug-likeness (QED) is 0.710. The molecule has 0 bridgehead atoms. The van der Waals surface area contributed by atoms with Gasteiger partial charge in [0.1, 0.15) is 16.7 Å². The lowest BCUT2D eigenvalue weighted by Crippen LogP contribution is -2.14. The second kappa shape index (κ2) is 4.90. The number of H-pyrrole nitrogens is 1. The van der Waals surface area contributed by atoms with Crippen LogP contribution in [-0.4, -0.2) is 26.1 Å². The number of carbonyl (C=O) groups is 1. The van der Waals surface area contributed by atoms with Crippen LogP contribution < -0.4 is 5.32 Å². The van der Waals surface area contributed by atoms with Gasteiger partial charge in [-0.3, -0.25) is 15.2 Å². The molecule has 0 unspecified atom stereocenters. The molecule has 0 saturated heterocycles. The number of benzene rings is 1. The normalized spacial score (nSPS) is 10.7. The molecular formula is C13H10ClN5O. The van der Waals surface area contributed by atoms with E-state index in [-0.39, 0.29) is 11.6 Å². The van der Waals surface area contributed by atoms with Crippen LogP contribution in [0.2, 0.25) is 5.15 Å². The summed E-state index contributed by atoms with van der Waals surface area (Å²) in [4.78, 5) is 20.2. The fourth-order valence-electron chi connectivity index (χ4n) is 1.84. The zero-order valence-corrected chi connectivity index (χ0v) is 11.3. The Kier molecular flexibility index (Phi) is 3.08. The van der Waals surface area contributed by atoms with Crippen LogP contribution >= 0.6 is 11.6 Å². The number of amides is 1. The Morgan fingerprint density at radius 1 is 1.30 bits per heavy atom. The van der Waals surface area contributed by atoms with E-state index in [1.165, 1.54) is 0 Å². The summed E-state index contributed by atoms with van der Waals surface area (Å²) in [5.41, 5.74) is 0.219. The van der Waals surface area contributed by atoms with E-state index in [0.29, 0.717) is 11.0 Å². The summed E-state index contributed by atoms with van der Waals surface area (Å²) in [6.07, 6.45) is 0. The van der Waals surface area contributed by atoms with Crippen LogP contribution in [0.5, 0.6) is 0 Å². The summed E-state index contributed by atoms with van der Waals surface area (Å²) >= 11 is 6.08. The van der Waals surface area contributed by atoms with Crippen molar-refractivity contribution in [2.24, 2.45) is 0 Å². The van der Waals surface area contributed by atoms with Gasteiger partial charge in [-0.05, 0) is 18.4 Å². The van der Waals surface area contributed by atoms with Gasteiger partial charge in [-0.2, -0.15) is 4.98 Å². The number of rotatable bonds is 2. The average molecular weight is 288 g/mol. The lowest BCUT2D eigenvalue weighted by atomic mass is 10.1. The number of hydrogen-bond acceptors (Lipinski definition) is 4. The van der Waals surface area contributed by atoms with Gasteiger partial charge in [0, 0.05) is 5.39 Å². The predicted octanol–water partition coefficient (Wildman–Crippen LogP) is 2.57. The highest BCUT2D eigenvalue weighted by Crippen LogP contribution is 2.22. The molecule has 1 aromatic carbocycles. The zero-order valence-electron chi connectivity index (χ0n) is 10.5. The Hall–Kier alpha value is -2.47. The number of pyridine rings is 1. The minimum absolute atomic E-state index is 0.207. The number of fused-ring (bicyclic) bond motifs is 1. The lowest BCUT2D eigenvalue weighted by molar-refractivity contribution is 0.102. The van der Waals surface area contributed by atoms with Gasteiger partial charge in [0.15, 0.2) is 0 Å². The van der Waals surface area contributed by atoms with Crippen LogP contribution in [-0.2, 0) is 0 Å². The summed E-state index contributed by atoms with van der Waals surface area (Å²) in [6.45, 7) is 1.74. The number of aryl methyl sites for hydroxylation is 1. The summed E-state index contributed by atoms with van der Waals surface area (Å²) < 4.78 is 0. The molecule has 1 amide bonds. The monoisotopic (exact) mass is 287 g/mol. The van der Waals surface area contributed by atoms with Gasteiger partial charge < -0.3 is 0 Å². The van der Waals surface area contributed by atoms with Crippen molar-refractivity contribution in [3.05, 3.63) is 47.0 Å². The molecule has 0 fully saturated rings. The molecule has 2 N–H and O–H groups in total. The lowest BCUT2D eigenvalue weighted by Gasteiger charge is -2.04. The first-order valence-corrected chi connectivity index (χ1v) is 6.27. The maximum atomic E-state index is 12.1. The van der Waals surface area contributed by atoms with E-state index in [4.69, 9.17) is 11.6 Å². The molecule has 0 atom stereocenters. The van der Waals surface area contributed by atoms with Gasteiger partial charge in [-0.1, -0.05) is 35.9 Å². The Morgan fingerprint density at radius 2 is 2.10 bits per heavy atom. The molecule has 100 valence electrons. The molecule has 2 aromatic heterocycles. The molecular weight excluding hydrogens is 278 g/mol. The Balaban J connectivity index is 1.95. The number of nitrogens with zero attached hydrogens (tertiary/aromatic N) is 3. The van der Waals surface area contributed by atoms with Gasteiger partial charge in [-0.25, -0.2) is 4.98 Å². The highest BCUT2D eigenvalue weighted by molar-refractivity contribution is 6.34. The van der Waals surface area contributed by atoms with Crippen molar-refractivity contribution in [1.82, 2.24) is 20.2 Å². The number of aromatic amines is 1. The smallest absolute Gasteiger partial charge is 0.276 e. The number of hydrogen-bond donors (Lipinski definition) is 2. The molecule has 0 aliphatic rings. The van der Waals surface area contributed by atoms with Crippen LogP contribution in [0.3, 0.4) is 0 Å². The van der Waals surface area contributed by atoms with Crippen molar-refractivity contribution in [2.45, 2.75) is 6.92 Å². The van der Waals surface area contributed by atoms with Crippen molar-refractivity contribution in [3.63, 3.8) is 0 Å². The van der Waals surface area contributed by atoms with E-state index in [2.05, 4.69) is 25.5 Å². The summed E-state index contributed by atoms with van der Waals surface area (Å²) in [5, 5.41) is 11.0. The molecule has 6 nitrogen and oxygen atoms in total. The fourth-order valence-corrected chi connectivity index (χ4v) is 2.10. The Morgan fingerprint density at radius 3 is 2.85 bits per heavy atom. The van der Waals surface area contributed by atoms with Crippen molar-refractivity contribution in [3.8, 4) is 0 Å². The highest BCUT2D eigenvalue weighted by Gasteiger charge is 2.13. The van der Waals surface area contributed by atoms with Crippen LogP contribution in [0, 0.1) is 6.92 Å². The van der Waals surface area contributed by atoms with Crippen molar-refractivity contribution in [2.75, 3.05) is 5.32 Å². The van der Waals surface area contributed by atoms with Gasteiger partial charge in [0.05, 0.1) is 0 Å². The number of anilines is 1. The first-order chi connectivity index (χ1) is 9.63. The van der Waals surface area contributed by atoms with Crippen molar-refractivity contribution in [1.29, 1.82) is 0 Å². The van der Waals surface area contributed by atoms with E-state index in [0.717, 1.165) is 10.8 Å². The number of carbonyl (C=O) groups excluding carboxylic acids is 1. The number of aromatic nitrogens is 4. The van der Waals surface area contributed by atoms with Crippen molar-refractivity contribution < 1.29 is 4.79 Å². The Labute approximate surface area is 119 Å². The molecule has 2 heterocycles. The number of halogens is 1. The molecule has 3 rings (SSSR count). The zero-order chi connectivity index (χ0) is 14.1. The molecule has 0 saturated carbocycles. The van der Waals surface area contributed by atoms with E-state index in [1.54, 1.807) is 13.0 Å². The third-order valence-corrected chi connectivity index (χ3v) is 3.04. The molecule has 0 spiro atoms. The van der Waals surface area contributed by atoms with E-state index in [9.17, 15) is 4.79 Å². The summed E-state index contributed by atoms with van der Waals surface area (Å²) in [5.74, 6) is 0.417. The van der Waals surface area contributed by atoms with Crippen molar-refractivity contribution >= 4 is 34.2 Å². The number of nitrogens with one attached hydrogen (secondary N) is 2. The van der Waals surface area contributed by atoms with E-state index >= 15 is 0 Å². The van der Waals surface area contributed by atoms with Gasteiger partial charge in [0.25, 0.3) is 5.91 Å². The van der Waals surface area contributed by atoms with E-state index < -0.39 is 5.91 Å². The first kappa shape index (κ1) is 12.6. The third-order valence-electron chi connectivity index (χ3n) is 2.75. The second-order valence-electron chi connectivity index (χ2n) is 4.22. The average Bonchev–Trinajstić information content (AvgIpc) is 2.84. The maximum absolute atomic E-state index is 12.1. The molecule has 7 heteroatoms. The van der Waals surface area contributed by atoms with Gasteiger partial charge >= 0.3 is 0 Å². The summed E-state index contributed by atoms with van der Waals surface area (Å²) in [7, 11) is 0.